The predicted octanol–water partition coefficient (Wildman–Crippen LogP) is 3.85. The second-order valence-corrected chi connectivity index (χ2v) is 8.84. The van der Waals surface area contributed by atoms with Gasteiger partial charge in [0.25, 0.3) is 5.91 Å². The molecule has 4 N–H and O–H groups in total. The number of hydrogen-bond acceptors (Lipinski definition) is 3. The van der Waals surface area contributed by atoms with Crippen molar-refractivity contribution in [2.45, 2.75) is 44.7 Å². The van der Waals surface area contributed by atoms with Gasteiger partial charge in [0.2, 0.25) is 5.91 Å². The lowest BCUT2D eigenvalue weighted by molar-refractivity contribution is -0.136. The summed E-state index contributed by atoms with van der Waals surface area (Å²) in [6.45, 7) is 1.58. The molecule has 3 fully saturated rings. The second-order valence-electron chi connectivity index (χ2n) is 8.84. The highest BCUT2D eigenvalue weighted by molar-refractivity contribution is 6.01. The summed E-state index contributed by atoms with van der Waals surface area (Å²) in [5.74, 6) is -2.53. The summed E-state index contributed by atoms with van der Waals surface area (Å²) in [5.41, 5.74) is 6.02. The minimum absolute atomic E-state index is 0.0256. The molecule has 2 atom stereocenters. The first kappa shape index (κ1) is 21.2. The van der Waals surface area contributed by atoms with Gasteiger partial charge < -0.3 is 16.4 Å². The van der Waals surface area contributed by atoms with Crippen LogP contribution in [0.4, 0.5) is 18.9 Å². The van der Waals surface area contributed by atoms with Crippen LogP contribution in [0.15, 0.2) is 36.4 Å². The largest absolute Gasteiger partial charge is 0.398 e. The maximum absolute atomic E-state index is 14.1. The van der Waals surface area contributed by atoms with Crippen LogP contribution in [0.1, 0.15) is 54.6 Å². The number of anilines is 1. The number of hydrogen-bond donors (Lipinski definition) is 3. The van der Waals surface area contributed by atoms with E-state index in [9.17, 15) is 22.8 Å². The summed E-state index contributed by atoms with van der Waals surface area (Å²) < 4.78 is 40.9. The smallest absolute Gasteiger partial charge is 0.254 e. The molecule has 0 spiro atoms. The number of rotatable bonds is 7. The maximum Gasteiger partial charge on any atom is 0.254 e. The molecule has 3 aliphatic carbocycles. The number of halogens is 3. The lowest BCUT2D eigenvalue weighted by Gasteiger charge is -2.63. The van der Waals surface area contributed by atoms with Crippen LogP contribution in [0, 0.1) is 28.8 Å². The Morgan fingerprint density at radius 3 is 2.32 bits per heavy atom. The third-order valence-electron chi connectivity index (χ3n) is 6.47. The summed E-state index contributed by atoms with van der Waals surface area (Å²) in [7, 11) is 0. The Kier molecular flexibility index (Phi) is 5.41. The normalized spacial score (nSPS) is 23.2. The Labute approximate surface area is 178 Å². The van der Waals surface area contributed by atoms with E-state index >= 15 is 0 Å². The molecule has 0 heterocycles. The van der Waals surface area contributed by atoms with Crippen molar-refractivity contribution in [2.75, 3.05) is 5.73 Å². The molecule has 3 saturated carbocycles. The van der Waals surface area contributed by atoms with Crippen LogP contribution in [0.25, 0.3) is 0 Å². The number of carbonyl (C=O) groups is 2. The number of benzene rings is 2. The van der Waals surface area contributed by atoms with Gasteiger partial charge >= 0.3 is 0 Å². The summed E-state index contributed by atoms with van der Waals surface area (Å²) in [6.07, 6.45) is 3.47. The van der Waals surface area contributed by atoms with E-state index in [4.69, 9.17) is 5.73 Å². The van der Waals surface area contributed by atoms with E-state index in [2.05, 4.69) is 10.6 Å². The molecule has 5 nitrogen and oxygen atoms in total. The van der Waals surface area contributed by atoms with E-state index in [0.717, 1.165) is 43.5 Å². The fourth-order valence-electron chi connectivity index (χ4n) is 4.76. The van der Waals surface area contributed by atoms with Gasteiger partial charge in [-0.2, -0.15) is 0 Å². The monoisotopic (exact) mass is 431 g/mol. The van der Waals surface area contributed by atoms with E-state index in [1.807, 2.05) is 0 Å². The standard InChI is InChI=1S/C23H24F3N3O2/c1-12(16-4-2-15(25)7-18(16)26)28-22(31)20(11-23-8-13(9-23)10-23)29-21(30)17-6-14(24)3-5-19(17)27/h2-7,12-13,20H,8-11,27H2,1H3,(H,28,31)(H,29,30)/t12-,13?,20?,23?/m1/s1. The van der Waals surface area contributed by atoms with Crippen molar-refractivity contribution in [1.29, 1.82) is 0 Å². The van der Waals surface area contributed by atoms with Gasteiger partial charge in [0.15, 0.2) is 0 Å². The molecule has 0 aromatic heterocycles. The molecule has 2 aromatic carbocycles. The second kappa shape index (κ2) is 7.90. The number of amides is 2. The molecule has 3 aliphatic rings. The average molecular weight is 431 g/mol. The molecule has 8 heteroatoms. The predicted molar refractivity (Wildman–Crippen MR) is 109 cm³/mol. The molecule has 0 aliphatic heterocycles. The Morgan fingerprint density at radius 1 is 1.06 bits per heavy atom. The Balaban J connectivity index is 1.50. The van der Waals surface area contributed by atoms with Crippen LogP contribution >= 0.6 is 0 Å². The molecule has 0 radical (unpaired) electrons. The molecule has 5 rings (SSSR count). The van der Waals surface area contributed by atoms with E-state index in [0.29, 0.717) is 12.3 Å². The molecular weight excluding hydrogens is 407 g/mol. The Hall–Kier alpha value is -3.03. The summed E-state index contributed by atoms with van der Waals surface area (Å²) in [4.78, 5) is 25.8. The Morgan fingerprint density at radius 2 is 1.71 bits per heavy atom. The zero-order valence-corrected chi connectivity index (χ0v) is 17.1. The van der Waals surface area contributed by atoms with Crippen molar-refractivity contribution in [3.8, 4) is 0 Å². The zero-order chi connectivity index (χ0) is 22.3. The SMILES string of the molecule is C[C@@H](NC(=O)C(CC12CC(C1)C2)NC(=O)c1cc(F)ccc1N)c1ccc(F)cc1F. The van der Waals surface area contributed by atoms with Gasteiger partial charge in [-0.3, -0.25) is 9.59 Å². The lowest BCUT2D eigenvalue weighted by Crippen LogP contribution is -2.58. The molecule has 2 bridgehead atoms. The van der Waals surface area contributed by atoms with Gasteiger partial charge in [-0.1, -0.05) is 6.07 Å². The molecule has 2 amide bonds. The van der Waals surface area contributed by atoms with E-state index < -0.39 is 41.3 Å². The summed E-state index contributed by atoms with van der Waals surface area (Å²) in [5, 5.41) is 5.39. The minimum atomic E-state index is -0.887. The van der Waals surface area contributed by atoms with Crippen molar-refractivity contribution in [3.05, 3.63) is 65.0 Å². The molecule has 2 aromatic rings. The molecular formula is C23H24F3N3O2. The fraction of sp³-hybridized carbons (Fsp3) is 0.391. The van der Waals surface area contributed by atoms with Crippen LogP contribution in [-0.2, 0) is 4.79 Å². The van der Waals surface area contributed by atoms with Gasteiger partial charge in [-0.05, 0) is 68.2 Å². The lowest BCUT2D eigenvalue weighted by atomic mass is 9.43. The van der Waals surface area contributed by atoms with Gasteiger partial charge in [-0.25, -0.2) is 13.2 Å². The number of nitrogens with two attached hydrogens (primary N) is 1. The highest BCUT2D eigenvalue weighted by atomic mass is 19.1. The first-order chi connectivity index (χ1) is 14.7. The highest BCUT2D eigenvalue weighted by Crippen LogP contribution is 2.66. The Bertz CT molecular complexity index is 1030. The number of nitrogens with one attached hydrogen (secondary N) is 2. The quantitative estimate of drug-likeness (QED) is 0.582. The van der Waals surface area contributed by atoms with E-state index in [1.165, 1.54) is 12.1 Å². The summed E-state index contributed by atoms with van der Waals surface area (Å²) in [6, 6.07) is 4.99. The van der Waals surface area contributed by atoms with Gasteiger partial charge in [0, 0.05) is 17.3 Å². The van der Waals surface area contributed by atoms with E-state index in [1.54, 1.807) is 6.92 Å². The van der Waals surface area contributed by atoms with Gasteiger partial charge in [0.05, 0.1) is 11.6 Å². The zero-order valence-electron chi connectivity index (χ0n) is 17.1. The van der Waals surface area contributed by atoms with Crippen molar-refractivity contribution in [1.82, 2.24) is 10.6 Å². The topological polar surface area (TPSA) is 84.2 Å². The van der Waals surface area contributed by atoms with E-state index in [-0.39, 0.29) is 22.2 Å². The molecule has 31 heavy (non-hydrogen) atoms. The summed E-state index contributed by atoms with van der Waals surface area (Å²) >= 11 is 0. The van der Waals surface area contributed by atoms with Crippen molar-refractivity contribution in [2.24, 2.45) is 11.3 Å². The maximum atomic E-state index is 14.1. The minimum Gasteiger partial charge on any atom is -0.398 e. The van der Waals surface area contributed by atoms with Gasteiger partial charge in [-0.15, -0.1) is 0 Å². The third kappa shape index (κ3) is 4.24. The molecule has 1 unspecified atom stereocenters. The first-order valence-electron chi connectivity index (χ1n) is 10.3. The highest BCUT2D eigenvalue weighted by Gasteiger charge is 2.57. The number of nitrogen functional groups attached to an aromatic ring is 1. The van der Waals surface area contributed by atoms with Crippen LogP contribution in [-0.4, -0.2) is 17.9 Å². The van der Waals surface area contributed by atoms with Gasteiger partial charge in [0.1, 0.15) is 23.5 Å². The van der Waals surface area contributed by atoms with Crippen LogP contribution in [0.3, 0.4) is 0 Å². The third-order valence-corrected chi connectivity index (χ3v) is 6.47. The molecule has 0 saturated heterocycles. The van der Waals surface area contributed by atoms with Crippen molar-refractivity contribution in [3.63, 3.8) is 0 Å². The van der Waals surface area contributed by atoms with Crippen LogP contribution in [0.2, 0.25) is 0 Å². The molecule has 164 valence electrons. The first-order valence-corrected chi connectivity index (χ1v) is 10.3. The van der Waals surface area contributed by atoms with Crippen LogP contribution < -0.4 is 16.4 Å². The average Bonchev–Trinajstić information content (AvgIpc) is 2.64. The number of carbonyl (C=O) groups excluding carboxylic acids is 2. The van der Waals surface area contributed by atoms with Crippen molar-refractivity contribution >= 4 is 17.5 Å². The fourth-order valence-corrected chi connectivity index (χ4v) is 4.76. The van der Waals surface area contributed by atoms with Crippen LogP contribution in [0.5, 0.6) is 0 Å². The van der Waals surface area contributed by atoms with Crippen molar-refractivity contribution < 1.29 is 22.8 Å².